The van der Waals surface area contributed by atoms with Crippen LogP contribution >= 0.6 is 0 Å². The number of nitrogens with zero attached hydrogens (tertiary/aromatic N) is 2. The van der Waals surface area contributed by atoms with Crippen LogP contribution in [-0.4, -0.2) is 62.0 Å². The summed E-state index contributed by atoms with van der Waals surface area (Å²) in [6, 6.07) is 5.71. The van der Waals surface area contributed by atoms with E-state index in [2.05, 4.69) is 5.32 Å². The minimum absolute atomic E-state index is 0.0454. The van der Waals surface area contributed by atoms with Crippen molar-refractivity contribution < 1.29 is 14.3 Å². The van der Waals surface area contributed by atoms with Crippen LogP contribution in [0, 0.1) is 12.8 Å². The predicted octanol–water partition coefficient (Wildman–Crippen LogP) is 1.74. The van der Waals surface area contributed by atoms with Gasteiger partial charge in [-0.3, -0.25) is 9.59 Å². The zero-order chi connectivity index (χ0) is 17.7. The smallest absolute Gasteiger partial charge is 0.229 e. The van der Waals surface area contributed by atoms with Gasteiger partial charge in [-0.2, -0.15) is 0 Å². The van der Waals surface area contributed by atoms with Crippen molar-refractivity contribution in [3.63, 3.8) is 0 Å². The minimum Gasteiger partial charge on any atom is -0.490 e. The van der Waals surface area contributed by atoms with Gasteiger partial charge in [-0.25, -0.2) is 0 Å². The maximum Gasteiger partial charge on any atom is 0.229 e. The quantitative estimate of drug-likeness (QED) is 0.826. The average Bonchev–Trinajstić information content (AvgIpc) is 2.90. The molecule has 0 radical (unpaired) electrons. The Bertz CT molecular complexity index is 601. The summed E-state index contributed by atoms with van der Waals surface area (Å²) in [6.07, 6.45) is 0.280. The number of nitrogens with one attached hydrogen (secondary N) is 1. The van der Waals surface area contributed by atoms with E-state index in [0.29, 0.717) is 31.1 Å². The molecule has 1 aromatic rings. The van der Waals surface area contributed by atoms with Crippen molar-refractivity contribution in [3.8, 4) is 5.75 Å². The van der Waals surface area contributed by atoms with Gasteiger partial charge in [-0.1, -0.05) is 6.07 Å². The van der Waals surface area contributed by atoms with Crippen molar-refractivity contribution in [3.05, 3.63) is 23.8 Å². The number of anilines is 1. The molecule has 0 aliphatic carbocycles. The number of hydrogen-bond acceptors (Lipinski definition) is 4. The standard InChI is InChI=1S/C18H27N3O3/c1-5-21-12-14(11-17(21)22)18(23)19-15-7-6-13(2)10-16(15)24-9-8-20(3)4/h6-7,10,14H,5,8-9,11-12H2,1-4H3,(H,19,23)/t14-/m0/s1. The van der Waals surface area contributed by atoms with E-state index in [1.807, 2.05) is 51.0 Å². The van der Waals surface area contributed by atoms with E-state index in [0.717, 1.165) is 12.1 Å². The molecule has 2 rings (SSSR count). The summed E-state index contributed by atoms with van der Waals surface area (Å²) in [7, 11) is 3.97. The lowest BCUT2D eigenvalue weighted by molar-refractivity contribution is -0.128. The molecule has 1 aliphatic rings. The van der Waals surface area contributed by atoms with Crippen LogP contribution in [0.4, 0.5) is 5.69 Å². The Hall–Kier alpha value is -2.08. The van der Waals surface area contributed by atoms with Gasteiger partial charge < -0.3 is 19.9 Å². The molecular weight excluding hydrogens is 306 g/mol. The Morgan fingerprint density at radius 2 is 2.17 bits per heavy atom. The van der Waals surface area contributed by atoms with Crippen LogP contribution < -0.4 is 10.1 Å². The van der Waals surface area contributed by atoms with Crippen LogP contribution in [0.3, 0.4) is 0 Å². The van der Waals surface area contributed by atoms with Crippen molar-refractivity contribution in [1.82, 2.24) is 9.80 Å². The highest BCUT2D eigenvalue weighted by atomic mass is 16.5. The molecule has 1 aliphatic heterocycles. The van der Waals surface area contributed by atoms with Gasteiger partial charge in [0.15, 0.2) is 0 Å². The maximum absolute atomic E-state index is 12.5. The molecular formula is C18H27N3O3. The summed E-state index contributed by atoms with van der Waals surface area (Å²) in [6.45, 7) is 6.39. The molecule has 1 heterocycles. The molecule has 0 bridgehead atoms. The van der Waals surface area contributed by atoms with Gasteiger partial charge in [0.25, 0.3) is 0 Å². The first-order valence-electron chi connectivity index (χ1n) is 8.37. The number of aryl methyl sites for hydroxylation is 1. The summed E-state index contributed by atoms with van der Waals surface area (Å²) in [5.74, 6) is 0.292. The molecule has 6 heteroatoms. The van der Waals surface area contributed by atoms with Crippen LogP contribution in [0.25, 0.3) is 0 Å². The highest BCUT2D eigenvalue weighted by molar-refractivity contribution is 5.98. The Morgan fingerprint density at radius 1 is 1.42 bits per heavy atom. The van der Waals surface area contributed by atoms with Crippen LogP contribution in [-0.2, 0) is 9.59 Å². The molecule has 6 nitrogen and oxygen atoms in total. The van der Waals surface area contributed by atoms with Crippen LogP contribution in [0.15, 0.2) is 18.2 Å². The van der Waals surface area contributed by atoms with Gasteiger partial charge in [0.2, 0.25) is 11.8 Å². The normalized spacial score (nSPS) is 17.5. The number of hydrogen-bond donors (Lipinski definition) is 1. The molecule has 0 spiro atoms. The highest BCUT2D eigenvalue weighted by Gasteiger charge is 2.33. The Morgan fingerprint density at radius 3 is 2.79 bits per heavy atom. The monoisotopic (exact) mass is 333 g/mol. The van der Waals surface area contributed by atoms with Gasteiger partial charge in [-0.05, 0) is 45.6 Å². The molecule has 1 N–H and O–H groups in total. The number of likely N-dealkylation sites (N-methyl/N-ethyl adjacent to an activating group) is 1. The molecule has 1 saturated heterocycles. The number of carbonyl (C=O) groups is 2. The summed E-state index contributed by atoms with van der Waals surface area (Å²) in [5, 5.41) is 2.93. The lowest BCUT2D eigenvalue weighted by Crippen LogP contribution is -2.28. The van der Waals surface area contributed by atoms with Crippen molar-refractivity contribution >= 4 is 17.5 Å². The Labute approximate surface area is 143 Å². The van der Waals surface area contributed by atoms with E-state index < -0.39 is 0 Å². The first kappa shape index (κ1) is 18.3. The molecule has 1 fully saturated rings. The fourth-order valence-electron chi connectivity index (χ4n) is 2.68. The zero-order valence-electron chi connectivity index (χ0n) is 15.0. The molecule has 132 valence electrons. The maximum atomic E-state index is 12.5. The second kappa shape index (κ2) is 8.15. The summed E-state index contributed by atoms with van der Waals surface area (Å²) >= 11 is 0. The third kappa shape index (κ3) is 4.71. The zero-order valence-corrected chi connectivity index (χ0v) is 15.0. The molecule has 24 heavy (non-hydrogen) atoms. The fraction of sp³-hybridized carbons (Fsp3) is 0.556. The SMILES string of the molecule is CCN1C[C@@H](C(=O)Nc2ccc(C)cc2OCCN(C)C)CC1=O. The minimum atomic E-state index is -0.298. The Kier molecular flexibility index (Phi) is 6.20. The second-order valence-corrected chi connectivity index (χ2v) is 6.47. The van der Waals surface area contributed by atoms with Crippen LogP contribution in [0.1, 0.15) is 18.9 Å². The van der Waals surface area contributed by atoms with Crippen molar-refractivity contribution in [2.75, 3.05) is 45.7 Å². The first-order chi connectivity index (χ1) is 11.4. The lowest BCUT2D eigenvalue weighted by Gasteiger charge is -2.17. The van der Waals surface area contributed by atoms with E-state index >= 15 is 0 Å². The molecule has 2 amide bonds. The van der Waals surface area contributed by atoms with E-state index in [-0.39, 0.29) is 24.2 Å². The second-order valence-electron chi connectivity index (χ2n) is 6.47. The van der Waals surface area contributed by atoms with E-state index in [4.69, 9.17) is 4.74 Å². The number of ether oxygens (including phenoxy) is 1. The molecule has 1 atom stereocenters. The van der Waals surface area contributed by atoms with Crippen LogP contribution in [0.2, 0.25) is 0 Å². The predicted molar refractivity (Wildman–Crippen MR) is 94.2 cm³/mol. The number of benzene rings is 1. The molecule has 0 saturated carbocycles. The molecule has 0 aromatic heterocycles. The van der Waals surface area contributed by atoms with Crippen LogP contribution in [0.5, 0.6) is 5.75 Å². The number of likely N-dealkylation sites (tertiary alicyclic amines) is 1. The molecule has 1 aromatic carbocycles. The summed E-state index contributed by atoms with van der Waals surface area (Å²) < 4.78 is 5.82. The van der Waals surface area contributed by atoms with Crippen molar-refractivity contribution in [1.29, 1.82) is 0 Å². The number of carbonyl (C=O) groups excluding carboxylic acids is 2. The largest absolute Gasteiger partial charge is 0.490 e. The average molecular weight is 333 g/mol. The summed E-state index contributed by atoms with van der Waals surface area (Å²) in [4.78, 5) is 28.0. The van der Waals surface area contributed by atoms with E-state index in [1.165, 1.54) is 0 Å². The third-order valence-corrected chi connectivity index (χ3v) is 4.16. The first-order valence-corrected chi connectivity index (χ1v) is 8.37. The number of amides is 2. The van der Waals surface area contributed by atoms with Gasteiger partial charge in [0, 0.05) is 26.1 Å². The van der Waals surface area contributed by atoms with E-state index in [9.17, 15) is 9.59 Å². The topological polar surface area (TPSA) is 61.9 Å². The number of rotatable bonds is 7. The molecule has 0 unspecified atom stereocenters. The highest BCUT2D eigenvalue weighted by Crippen LogP contribution is 2.27. The van der Waals surface area contributed by atoms with Crippen molar-refractivity contribution in [2.24, 2.45) is 5.92 Å². The summed E-state index contributed by atoms with van der Waals surface area (Å²) in [5.41, 5.74) is 1.73. The van der Waals surface area contributed by atoms with Gasteiger partial charge >= 0.3 is 0 Å². The van der Waals surface area contributed by atoms with Crippen molar-refractivity contribution in [2.45, 2.75) is 20.3 Å². The Balaban J connectivity index is 2.03. The fourth-order valence-corrected chi connectivity index (χ4v) is 2.68. The van der Waals surface area contributed by atoms with E-state index in [1.54, 1.807) is 4.90 Å². The van der Waals surface area contributed by atoms with Gasteiger partial charge in [0.05, 0.1) is 11.6 Å². The van der Waals surface area contributed by atoms with Gasteiger partial charge in [0.1, 0.15) is 12.4 Å². The van der Waals surface area contributed by atoms with Gasteiger partial charge in [-0.15, -0.1) is 0 Å². The lowest BCUT2D eigenvalue weighted by atomic mass is 10.1. The third-order valence-electron chi connectivity index (χ3n) is 4.16.